The molecule has 0 saturated heterocycles. The van der Waals surface area contributed by atoms with Gasteiger partial charge in [-0.15, -0.1) is 0 Å². The van der Waals surface area contributed by atoms with Gasteiger partial charge in [-0.25, -0.2) is 9.78 Å². The highest BCUT2D eigenvalue weighted by Gasteiger charge is 2.31. The number of nitrogens with zero attached hydrogens (tertiary/aromatic N) is 2. The first-order valence-electron chi connectivity index (χ1n) is 7.25. The van der Waals surface area contributed by atoms with E-state index in [4.69, 9.17) is 16.3 Å². The van der Waals surface area contributed by atoms with Gasteiger partial charge in [-0.3, -0.25) is 4.79 Å². The lowest BCUT2D eigenvalue weighted by atomic mass is 10.1. The minimum Gasteiger partial charge on any atom is -0.451 e. The van der Waals surface area contributed by atoms with E-state index in [1.807, 2.05) is 31.2 Å². The number of fused-ring (bicyclic) bond motifs is 1. The zero-order chi connectivity index (χ0) is 16.4. The van der Waals surface area contributed by atoms with Crippen LogP contribution in [0.3, 0.4) is 0 Å². The molecule has 1 atom stereocenters. The quantitative estimate of drug-likeness (QED) is 0.812. The van der Waals surface area contributed by atoms with Crippen LogP contribution in [-0.4, -0.2) is 29.5 Å². The largest absolute Gasteiger partial charge is 0.451 e. The molecule has 1 aliphatic rings. The number of amides is 1. The van der Waals surface area contributed by atoms with Crippen molar-refractivity contribution >= 4 is 29.2 Å². The van der Waals surface area contributed by atoms with Crippen molar-refractivity contribution in [1.82, 2.24) is 4.98 Å². The van der Waals surface area contributed by atoms with Crippen molar-refractivity contribution in [3.8, 4) is 0 Å². The topological polar surface area (TPSA) is 59.5 Å². The van der Waals surface area contributed by atoms with Crippen LogP contribution in [0.1, 0.15) is 23.0 Å². The van der Waals surface area contributed by atoms with Gasteiger partial charge in [0.25, 0.3) is 5.91 Å². The fraction of sp³-hybridized carbons (Fsp3) is 0.235. The van der Waals surface area contributed by atoms with E-state index < -0.39 is 5.97 Å². The molecule has 1 amide bonds. The van der Waals surface area contributed by atoms with Gasteiger partial charge < -0.3 is 9.64 Å². The number of anilines is 1. The maximum absolute atomic E-state index is 12.4. The number of ether oxygens (including phenoxy) is 1. The molecule has 0 radical (unpaired) electrons. The maximum Gasteiger partial charge on any atom is 0.357 e. The molecule has 0 saturated carbocycles. The summed E-state index contributed by atoms with van der Waals surface area (Å²) in [5, 5.41) is 0.389. The lowest BCUT2D eigenvalue weighted by molar-refractivity contribution is -0.122. The Balaban J connectivity index is 1.67. The van der Waals surface area contributed by atoms with E-state index >= 15 is 0 Å². The van der Waals surface area contributed by atoms with Crippen LogP contribution in [0.4, 0.5) is 5.69 Å². The van der Waals surface area contributed by atoms with Gasteiger partial charge in [0.05, 0.1) is 0 Å². The number of hydrogen-bond acceptors (Lipinski definition) is 4. The molecule has 1 aliphatic heterocycles. The average molecular weight is 331 g/mol. The van der Waals surface area contributed by atoms with Gasteiger partial charge >= 0.3 is 5.97 Å². The maximum atomic E-state index is 12.4. The minimum absolute atomic E-state index is 0.0443. The van der Waals surface area contributed by atoms with Gasteiger partial charge in [0.1, 0.15) is 5.69 Å². The Morgan fingerprint density at radius 3 is 2.91 bits per heavy atom. The molecular weight excluding hydrogens is 316 g/mol. The van der Waals surface area contributed by atoms with Crippen LogP contribution in [0.2, 0.25) is 5.02 Å². The van der Waals surface area contributed by atoms with Crippen LogP contribution in [0.25, 0.3) is 0 Å². The lowest BCUT2D eigenvalue weighted by Crippen LogP contribution is -2.38. The van der Waals surface area contributed by atoms with Crippen molar-refractivity contribution in [1.29, 1.82) is 0 Å². The molecular formula is C17H15ClN2O3. The normalized spacial score (nSPS) is 16.1. The molecule has 1 unspecified atom stereocenters. The lowest BCUT2D eigenvalue weighted by Gasteiger charge is -2.22. The molecule has 5 nitrogen and oxygen atoms in total. The number of hydrogen-bond donors (Lipinski definition) is 0. The molecule has 0 spiro atoms. The molecule has 0 aliphatic carbocycles. The number of carbonyl (C=O) groups excluding carboxylic acids is 2. The Bertz CT molecular complexity index is 763. The second-order valence-corrected chi connectivity index (χ2v) is 5.82. The summed E-state index contributed by atoms with van der Waals surface area (Å²) >= 11 is 5.81. The van der Waals surface area contributed by atoms with Crippen molar-refractivity contribution in [3.63, 3.8) is 0 Å². The Morgan fingerprint density at radius 2 is 2.13 bits per heavy atom. The molecule has 6 heteroatoms. The molecule has 1 aromatic carbocycles. The van der Waals surface area contributed by atoms with Crippen molar-refractivity contribution in [2.45, 2.75) is 19.4 Å². The van der Waals surface area contributed by atoms with Crippen molar-refractivity contribution in [2.24, 2.45) is 0 Å². The summed E-state index contributed by atoms with van der Waals surface area (Å²) in [4.78, 5) is 29.9. The summed E-state index contributed by atoms with van der Waals surface area (Å²) in [6.45, 7) is 1.64. The van der Waals surface area contributed by atoms with E-state index in [1.54, 1.807) is 11.0 Å². The number of carbonyl (C=O) groups is 2. The smallest absolute Gasteiger partial charge is 0.357 e. The van der Waals surface area contributed by atoms with Crippen LogP contribution >= 0.6 is 11.6 Å². The van der Waals surface area contributed by atoms with Gasteiger partial charge in [0.15, 0.2) is 6.61 Å². The van der Waals surface area contributed by atoms with Crippen LogP contribution in [0.5, 0.6) is 0 Å². The van der Waals surface area contributed by atoms with Crippen LogP contribution in [-0.2, 0) is 16.0 Å². The fourth-order valence-corrected chi connectivity index (χ4v) is 2.89. The van der Waals surface area contributed by atoms with Gasteiger partial charge in [-0.05, 0) is 37.1 Å². The summed E-state index contributed by atoms with van der Waals surface area (Å²) in [7, 11) is 0. The number of pyridine rings is 1. The number of rotatable bonds is 3. The highest BCUT2D eigenvalue weighted by atomic mass is 35.5. The predicted molar refractivity (Wildman–Crippen MR) is 86.6 cm³/mol. The first-order valence-corrected chi connectivity index (χ1v) is 7.62. The van der Waals surface area contributed by atoms with E-state index in [1.165, 1.54) is 12.3 Å². The first-order chi connectivity index (χ1) is 11.1. The molecule has 2 heterocycles. The van der Waals surface area contributed by atoms with E-state index in [0.717, 1.165) is 17.7 Å². The molecule has 0 N–H and O–H groups in total. The zero-order valence-electron chi connectivity index (χ0n) is 12.5. The molecule has 118 valence electrons. The zero-order valence-corrected chi connectivity index (χ0v) is 13.3. The summed E-state index contributed by atoms with van der Waals surface area (Å²) in [5.41, 5.74) is 2.08. The second kappa shape index (κ2) is 6.38. The van der Waals surface area contributed by atoms with Crippen LogP contribution in [0, 0.1) is 0 Å². The van der Waals surface area contributed by atoms with E-state index in [-0.39, 0.29) is 24.2 Å². The first kappa shape index (κ1) is 15.5. The molecule has 1 aromatic heterocycles. The van der Waals surface area contributed by atoms with Crippen molar-refractivity contribution < 1.29 is 14.3 Å². The summed E-state index contributed by atoms with van der Waals surface area (Å²) in [6, 6.07) is 10.7. The number of esters is 1. The minimum atomic E-state index is -0.666. The predicted octanol–water partition coefficient (Wildman–Crippen LogP) is 2.87. The summed E-state index contributed by atoms with van der Waals surface area (Å²) in [6.07, 6.45) is 2.21. The number of halogens is 1. The summed E-state index contributed by atoms with van der Waals surface area (Å²) < 4.78 is 5.07. The second-order valence-electron chi connectivity index (χ2n) is 5.38. The van der Waals surface area contributed by atoms with Gasteiger partial charge in [0, 0.05) is 22.9 Å². The van der Waals surface area contributed by atoms with E-state index in [0.29, 0.717) is 5.02 Å². The average Bonchev–Trinajstić information content (AvgIpc) is 2.88. The molecule has 23 heavy (non-hydrogen) atoms. The number of benzene rings is 1. The number of para-hydroxylation sites is 1. The SMILES string of the molecule is CC1Cc2ccccc2N1C(=O)COC(=O)c1cc(Cl)ccn1. The third kappa shape index (κ3) is 3.19. The van der Waals surface area contributed by atoms with Crippen molar-refractivity contribution in [2.75, 3.05) is 11.5 Å². The monoisotopic (exact) mass is 330 g/mol. The molecule has 0 fully saturated rings. The van der Waals surface area contributed by atoms with Gasteiger partial charge in [-0.1, -0.05) is 29.8 Å². The highest BCUT2D eigenvalue weighted by Crippen LogP contribution is 2.31. The number of aromatic nitrogens is 1. The Kier molecular flexibility index (Phi) is 4.30. The molecule has 3 rings (SSSR count). The Morgan fingerprint density at radius 1 is 1.35 bits per heavy atom. The Hall–Kier alpha value is -2.40. The van der Waals surface area contributed by atoms with Gasteiger partial charge in [-0.2, -0.15) is 0 Å². The molecule has 0 bridgehead atoms. The third-order valence-electron chi connectivity index (χ3n) is 3.73. The van der Waals surface area contributed by atoms with E-state index in [9.17, 15) is 9.59 Å². The Labute approximate surface area is 138 Å². The summed E-state index contributed by atoms with van der Waals surface area (Å²) in [5.74, 6) is -0.918. The van der Waals surface area contributed by atoms with Gasteiger partial charge in [0.2, 0.25) is 0 Å². The van der Waals surface area contributed by atoms with Crippen molar-refractivity contribution in [3.05, 3.63) is 58.9 Å². The van der Waals surface area contributed by atoms with E-state index in [2.05, 4.69) is 4.98 Å². The van der Waals surface area contributed by atoms with Crippen LogP contribution < -0.4 is 4.90 Å². The van der Waals surface area contributed by atoms with Crippen LogP contribution in [0.15, 0.2) is 42.6 Å². The standard InChI is InChI=1S/C17H15ClN2O3/c1-11-8-12-4-2-3-5-15(12)20(11)16(21)10-23-17(22)14-9-13(18)6-7-19-14/h2-7,9,11H,8,10H2,1H3. The fourth-order valence-electron chi connectivity index (χ4n) is 2.73. The highest BCUT2D eigenvalue weighted by molar-refractivity contribution is 6.30. The molecule has 2 aromatic rings. The third-order valence-corrected chi connectivity index (χ3v) is 3.97.